The monoisotopic (exact) mass is 286 g/mol. The van der Waals surface area contributed by atoms with Gasteiger partial charge in [-0.05, 0) is 49.7 Å². The fraction of sp³-hybridized carbons (Fsp3) is 0.235. The Hall–Kier alpha value is -2.20. The van der Waals surface area contributed by atoms with Gasteiger partial charge in [0.2, 0.25) is 0 Å². The Labute approximate surface area is 124 Å². The highest BCUT2D eigenvalue weighted by Gasteiger charge is 2.18. The van der Waals surface area contributed by atoms with Crippen LogP contribution in [0.15, 0.2) is 48.5 Å². The Bertz CT molecular complexity index is 628. The number of halogens is 1. The van der Waals surface area contributed by atoms with Crippen LogP contribution in [0.5, 0.6) is 0 Å². The predicted molar refractivity (Wildman–Crippen MR) is 83.0 cm³/mol. The first-order valence-corrected chi connectivity index (χ1v) is 7.02. The molecule has 1 amide bonds. The first kappa shape index (κ1) is 15.2. The predicted octanol–water partition coefficient (Wildman–Crippen LogP) is 2.99. The molecule has 0 aromatic heterocycles. The molecule has 0 saturated heterocycles. The summed E-state index contributed by atoms with van der Waals surface area (Å²) < 4.78 is 13.4. The average molecular weight is 286 g/mol. The number of carbonyl (C=O) groups excluding carboxylic acids is 1. The molecule has 0 unspecified atom stereocenters. The van der Waals surface area contributed by atoms with Crippen LogP contribution >= 0.6 is 0 Å². The van der Waals surface area contributed by atoms with Crippen LogP contribution in [-0.2, 0) is 6.42 Å². The summed E-state index contributed by atoms with van der Waals surface area (Å²) in [6.45, 7) is 2.82. The molecule has 0 atom stereocenters. The second kappa shape index (κ2) is 6.99. The van der Waals surface area contributed by atoms with E-state index in [1.165, 1.54) is 12.1 Å². The molecule has 0 aliphatic rings. The Morgan fingerprint density at radius 2 is 1.95 bits per heavy atom. The zero-order valence-electron chi connectivity index (χ0n) is 12.1. The van der Waals surface area contributed by atoms with Crippen LogP contribution in [0.1, 0.15) is 22.8 Å². The molecule has 2 aromatic carbocycles. The Balaban J connectivity index is 2.37. The standard InChI is InChI=1S/C17H19FN2O/c1-2-20(15-8-5-7-14(18)12-15)17(21)16-9-4-3-6-13(16)10-11-19/h3-9,12H,2,10-11,19H2,1H3. The molecule has 0 spiro atoms. The van der Waals surface area contributed by atoms with Crippen molar-refractivity contribution in [1.29, 1.82) is 0 Å². The fourth-order valence-electron chi connectivity index (χ4n) is 2.34. The lowest BCUT2D eigenvalue weighted by Gasteiger charge is -2.22. The van der Waals surface area contributed by atoms with Crippen LogP contribution in [0.2, 0.25) is 0 Å². The van der Waals surface area contributed by atoms with Crippen molar-refractivity contribution >= 4 is 11.6 Å². The second-order valence-corrected chi connectivity index (χ2v) is 4.73. The number of rotatable bonds is 5. The zero-order chi connectivity index (χ0) is 15.2. The van der Waals surface area contributed by atoms with Crippen LogP contribution in [0.3, 0.4) is 0 Å². The third-order valence-corrected chi connectivity index (χ3v) is 3.34. The Kier molecular flexibility index (Phi) is 5.06. The molecule has 0 aliphatic carbocycles. The lowest BCUT2D eigenvalue weighted by molar-refractivity contribution is 0.0987. The van der Waals surface area contributed by atoms with Crippen LogP contribution in [-0.4, -0.2) is 19.0 Å². The normalized spacial score (nSPS) is 10.4. The van der Waals surface area contributed by atoms with Gasteiger partial charge in [-0.25, -0.2) is 4.39 Å². The van der Waals surface area contributed by atoms with E-state index in [1.54, 1.807) is 23.1 Å². The van der Waals surface area contributed by atoms with E-state index in [-0.39, 0.29) is 11.7 Å². The van der Waals surface area contributed by atoms with Gasteiger partial charge in [0.15, 0.2) is 0 Å². The minimum absolute atomic E-state index is 0.132. The van der Waals surface area contributed by atoms with Gasteiger partial charge in [-0.15, -0.1) is 0 Å². The summed E-state index contributed by atoms with van der Waals surface area (Å²) in [5.41, 5.74) is 7.69. The van der Waals surface area contributed by atoms with Gasteiger partial charge in [0.25, 0.3) is 5.91 Å². The second-order valence-electron chi connectivity index (χ2n) is 4.73. The van der Waals surface area contributed by atoms with Gasteiger partial charge < -0.3 is 10.6 Å². The minimum Gasteiger partial charge on any atom is -0.330 e. The quantitative estimate of drug-likeness (QED) is 0.918. The van der Waals surface area contributed by atoms with Crippen LogP contribution in [0.4, 0.5) is 10.1 Å². The molecule has 0 heterocycles. The molecule has 0 saturated carbocycles. The van der Waals surface area contributed by atoms with Crippen molar-refractivity contribution in [3.63, 3.8) is 0 Å². The van der Waals surface area contributed by atoms with Crippen LogP contribution in [0.25, 0.3) is 0 Å². The van der Waals surface area contributed by atoms with E-state index in [2.05, 4.69) is 0 Å². The highest BCUT2D eigenvalue weighted by atomic mass is 19.1. The van der Waals surface area contributed by atoms with Crippen molar-refractivity contribution in [2.24, 2.45) is 5.73 Å². The first-order valence-electron chi connectivity index (χ1n) is 7.02. The molecule has 2 N–H and O–H groups in total. The topological polar surface area (TPSA) is 46.3 Å². The lowest BCUT2D eigenvalue weighted by atomic mass is 10.0. The molecule has 2 aromatic rings. The number of nitrogens with zero attached hydrogens (tertiary/aromatic N) is 1. The number of amides is 1. The number of benzene rings is 2. The lowest BCUT2D eigenvalue weighted by Crippen LogP contribution is -2.31. The maximum atomic E-state index is 13.4. The van der Waals surface area contributed by atoms with Crippen molar-refractivity contribution < 1.29 is 9.18 Å². The molecule has 0 radical (unpaired) electrons. The number of nitrogens with two attached hydrogens (primary N) is 1. The van der Waals surface area contributed by atoms with Crippen molar-refractivity contribution in [2.45, 2.75) is 13.3 Å². The summed E-state index contributed by atoms with van der Waals surface area (Å²) >= 11 is 0. The van der Waals surface area contributed by atoms with E-state index in [4.69, 9.17) is 5.73 Å². The highest BCUT2D eigenvalue weighted by Crippen LogP contribution is 2.20. The zero-order valence-corrected chi connectivity index (χ0v) is 12.1. The summed E-state index contributed by atoms with van der Waals surface area (Å²) in [5, 5.41) is 0. The van der Waals surface area contributed by atoms with Gasteiger partial charge in [-0.1, -0.05) is 24.3 Å². The fourth-order valence-corrected chi connectivity index (χ4v) is 2.34. The number of carbonyl (C=O) groups is 1. The molecule has 4 heteroatoms. The number of hydrogen-bond donors (Lipinski definition) is 1. The summed E-state index contributed by atoms with van der Waals surface area (Å²) in [6.07, 6.45) is 0.641. The van der Waals surface area contributed by atoms with Gasteiger partial charge >= 0.3 is 0 Å². The molecule has 0 bridgehead atoms. The third-order valence-electron chi connectivity index (χ3n) is 3.34. The van der Waals surface area contributed by atoms with E-state index in [9.17, 15) is 9.18 Å². The number of hydrogen-bond acceptors (Lipinski definition) is 2. The van der Waals surface area contributed by atoms with Gasteiger partial charge in [0.05, 0.1) is 0 Å². The summed E-state index contributed by atoms with van der Waals surface area (Å²) in [7, 11) is 0. The Morgan fingerprint density at radius 1 is 1.19 bits per heavy atom. The molecule has 3 nitrogen and oxygen atoms in total. The minimum atomic E-state index is -0.353. The van der Waals surface area contributed by atoms with E-state index < -0.39 is 0 Å². The third kappa shape index (κ3) is 3.47. The SMILES string of the molecule is CCN(C(=O)c1ccccc1CCN)c1cccc(F)c1. The summed E-state index contributed by atoms with van der Waals surface area (Å²) in [4.78, 5) is 14.3. The van der Waals surface area contributed by atoms with Crippen molar-refractivity contribution in [3.8, 4) is 0 Å². The molecular formula is C17H19FN2O. The Morgan fingerprint density at radius 3 is 2.62 bits per heavy atom. The van der Waals surface area contributed by atoms with Crippen molar-refractivity contribution in [2.75, 3.05) is 18.0 Å². The van der Waals surface area contributed by atoms with Crippen molar-refractivity contribution in [3.05, 3.63) is 65.5 Å². The largest absolute Gasteiger partial charge is 0.330 e. The first-order chi connectivity index (χ1) is 10.2. The molecule has 2 rings (SSSR count). The van der Waals surface area contributed by atoms with Gasteiger partial charge in [-0.3, -0.25) is 4.79 Å². The molecule has 0 fully saturated rings. The van der Waals surface area contributed by atoms with Gasteiger partial charge in [-0.2, -0.15) is 0 Å². The smallest absolute Gasteiger partial charge is 0.258 e. The van der Waals surface area contributed by atoms with Crippen LogP contribution in [0, 0.1) is 5.82 Å². The van der Waals surface area contributed by atoms with Gasteiger partial charge in [0, 0.05) is 17.8 Å². The molecule has 110 valence electrons. The van der Waals surface area contributed by atoms with E-state index in [1.807, 2.05) is 25.1 Å². The van der Waals surface area contributed by atoms with Gasteiger partial charge in [0.1, 0.15) is 5.82 Å². The highest BCUT2D eigenvalue weighted by molar-refractivity contribution is 6.07. The molecular weight excluding hydrogens is 267 g/mol. The summed E-state index contributed by atoms with van der Waals surface area (Å²) in [5.74, 6) is -0.485. The number of anilines is 1. The van der Waals surface area contributed by atoms with Crippen LogP contribution < -0.4 is 10.6 Å². The van der Waals surface area contributed by atoms with Crippen molar-refractivity contribution in [1.82, 2.24) is 0 Å². The maximum Gasteiger partial charge on any atom is 0.258 e. The average Bonchev–Trinajstić information content (AvgIpc) is 2.49. The molecule has 21 heavy (non-hydrogen) atoms. The maximum absolute atomic E-state index is 13.4. The molecule has 0 aliphatic heterocycles. The van der Waals surface area contributed by atoms with E-state index in [0.29, 0.717) is 30.8 Å². The van der Waals surface area contributed by atoms with E-state index >= 15 is 0 Å². The summed E-state index contributed by atoms with van der Waals surface area (Å²) in [6, 6.07) is 13.5. The van der Waals surface area contributed by atoms with E-state index in [0.717, 1.165) is 5.56 Å².